The van der Waals surface area contributed by atoms with E-state index in [1.807, 2.05) is 0 Å². The van der Waals surface area contributed by atoms with E-state index < -0.39 is 6.08 Å². The Hall–Kier alpha value is -0.150. The molecule has 2 fully saturated rings. The van der Waals surface area contributed by atoms with E-state index in [2.05, 4.69) is 5.32 Å². The van der Waals surface area contributed by atoms with Crippen molar-refractivity contribution in [3.63, 3.8) is 0 Å². The van der Waals surface area contributed by atoms with Gasteiger partial charge in [-0.1, -0.05) is 0 Å². The molecule has 1 aliphatic carbocycles. The van der Waals surface area contributed by atoms with Crippen LogP contribution in [0.4, 0.5) is 8.78 Å². The van der Waals surface area contributed by atoms with Crippen molar-refractivity contribution in [3.05, 3.63) is 11.7 Å². The van der Waals surface area contributed by atoms with Gasteiger partial charge in [0.1, 0.15) is 0 Å². The molecule has 2 rings (SSSR count). The van der Waals surface area contributed by atoms with Crippen LogP contribution in [0.5, 0.6) is 0 Å². The van der Waals surface area contributed by atoms with Crippen LogP contribution >= 0.6 is 12.4 Å². The molecule has 1 saturated heterocycles. The largest absolute Gasteiger partial charge is 0.317 e. The highest BCUT2D eigenvalue weighted by atomic mass is 35.5. The first-order chi connectivity index (χ1) is 5.72. The van der Waals surface area contributed by atoms with E-state index >= 15 is 0 Å². The van der Waals surface area contributed by atoms with Crippen LogP contribution in [0.2, 0.25) is 0 Å². The molecule has 1 N–H and O–H groups in total. The third kappa shape index (κ3) is 2.02. The average Bonchev–Trinajstić information content (AvgIpc) is 2.01. The maximum absolute atomic E-state index is 12.1. The molecule has 1 heterocycles. The van der Waals surface area contributed by atoms with Gasteiger partial charge in [-0.05, 0) is 49.8 Å². The van der Waals surface area contributed by atoms with Crippen molar-refractivity contribution in [2.45, 2.75) is 25.7 Å². The Bertz CT molecular complexity index is 208. The lowest BCUT2D eigenvalue weighted by molar-refractivity contribution is 0.131. The zero-order valence-corrected chi connectivity index (χ0v) is 8.22. The zero-order chi connectivity index (χ0) is 8.60. The topological polar surface area (TPSA) is 12.0 Å². The van der Waals surface area contributed by atoms with Gasteiger partial charge in [0.05, 0.1) is 0 Å². The molecule has 0 aromatic carbocycles. The molecule has 1 aliphatic heterocycles. The van der Waals surface area contributed by atoms with Gasteiger partial charge in [-0.2, -0.15) is 8.78 Å². The van der Waals surface area contributed by atoms with Crippen molar-refractivity contribution in [1.82, 2.24) is 5.32 Å². The molecule has 0 bridgehead atoms. The van der Waals surface area contributed by atoms with E-state index in [9.17, 15) is 8.78 Å². The molecule has 0 unspecified atom stereocenters. The molecular weight excluding hydrogens is 196 g/mol. The summed E-state index contributed by atoms with van der Waals surface area (Å²) in [5, 5.41) is 3.25. The molecule has 0 atom stereocenters. The van der Waals surface area contributed by atoms with Crippen LogP contribution in [0.1, 0.15) is 25.7 Å². The second-order valence-electron chi connectivity index (χ2n) is 3.97. The average molecular weight is 210 g/mol. The van der Waals surface area contributed by atoms with Crippen molar-refractivity contribution in [3.8, 4) is 0 Å². The number of piperidine rings is 1. The van der Waals surface area contributed by atoms with E-state index in [0.717, 1.165) is 25.9 Å². The summed E-state index contributed by atoms with van der Waals surface area (Å²) in [5.74, 6) is 0. The molecule has 76 valence electrons. The van der Waals surface area contributed by atoms with Crippen LogP contribution in [0, 0.1) is 5.41 Å². The normalized spacial score (nSPS) is 24.9. The third-order valence-corrected chi connectivity index (χ3v) is 3.11. The second-order valence-corrected chi connectivity index (χ2v) is 3.97. The van der Waals surface area contributed by atoms with Gasteiger partial charge in [0.2, 0.25) is 0 Å². The standard InChI is InChI=1S/C9H13F2N.ClH/c10-8(11)7-5-9(6-7)1-3-12-4-2-9;/h12H,1-6H2;1H. The lowest BCUT2D eigenvalue weighted by Gasteiger charge is -2.46. The minimum absolute atomic E-state index is 0. The van der Waals surface area contributed by atoms with Crippen LogP contribution in [-0.2, 0) is 0 Å². The number of rotatable bonds is 0. The molecule has 0 amide bonds. The van der Waals surface area contributed by atoms with Gasteiger partial charge < -0.3 is 5.32 Å². The number of allylic oxidation sites excluding steroid dienone is 1. The molecule has 1 spiro atoms. The van der Waals surface area contributed by atoms with E-state index in [-0.39, 0.29) is 17.8 Å². The minimum Gasteiger partial charge on any atom is -0.317 e. The summed E-state index contributed by atoms with van der Waals surface area (Å²) in [7, 11) is 0. The summed E-state index contributed by atoms with van der Waals surface area (Å²) in [6.45, 7) is 2.00. The zero-order valence-electron chi connectivity index (χ0n) is 7.41. The number of halogens is 3. The monoisotopic (exact) mass is 209 g/mol. The number of nitrogens with one attached hydrogen (secondary N) is 1. The highest BCUT2D eigenvalue weighted by Crippen LogP contribution is 2.52. The smallest absolute Gasteiger partial charge is 0.269 e. The van der Waals surface area contributed by atoms with Crippen LogP contribution in [0.3, 0.4) is 0 Å². The third-order valence-electron chi connectivity index (χ3n) is 3.11. The fourth-order valence-corrected chi connectivity index (χ4v) is 2.30. The quantitative estimate of drug-likeness (QED) is 0.647. The molecule has 2 aliphatic rings. The fraction of sp³-hybridized carbons (Fsp3) is 0.778. The predicted octanol–water partition coefficient (Wildman–Crippen LogP) is 2.72. The first-order valence-electron chi connectivity index (χ1n) is 4.46. The molecule has 4 heteroatoms. The summed E-state index contributed by atoms with van der Waals surface area (Å²) < 4.78 is 24.2. The van der Waals surface area contributed by atoms with Crippen molar-refractivity contribution in [2.75, 3.05) is 13.1 Å². The van der Waals surface area contributed by atoms with E-state index in [1.165, 1.54) is 0 Å². The van der Waals surface area contributed by atoms with Gasteiger partial charge in [0, 0.05) is 0 Å². The Labute approximate surface area is 83.0 Å². The van der Waals surface area contributed by atoms with Gasteiger partial charge in [0.25, 0.3) is 6.08 Å². The summed E-state index contributed by atoms with van der Waals surface area (Å²) in [6.07, 6.45) is 2.01. The van der Waals surface area contributed by atoms with E-state index in [0.29, 0.717) is 18.4 Å². The molecular formula is C9H14ClF2N. The minimum atomic E-state index is -1.43. The molecule has 0 aromatic heterocycles. The molecule has 0 aromatic rings. The van der Waals surface area contributed by atoms with Crippen LogP contribution in [0.15, 0.2) is 11.7 Å². The van der Waals surface area contributed by atoms with Crippen molar-refractivity contribution in [2.24, 2.45) is 5.41 Å². The molecule has 1 nitrogen and oxygen atoms in total. The maximum Gasteiger partial charge on any atom is 0.269 e. The van der Waals surface area contributed by atoms with Crippen molar-refractivity contribution < 1.29 is 8.78 Å². The van der Waals surface area contributed by atoms with Crippen LogP contribution in [-0.4, -0.2) is 13.1 Å². The van der Waals surface area contributed by atoms with Gasteiger partial charge in [-0.15, -0.1) is 12.4 Å². The highest BCUT2D eigenvalue weighted by molar-refractivity contribution is 5.85. The number of hydrogen-bond donors (Lipinski definition) is 1. The molecule has 0 radical (unpaired) electrons. The summed E-state index contributed by atoms with van der Waals surface area (Å²) >= 11 is 0. The lowest BCUT2D eigenvalue weighted by Crippen LogP contribution is -2.42. The fourth-order valence-electron chi connectivity index (χ4n) is 2.30. The van der Waals surface area contributed by atoms with Crippen molar-refractivity contribution >= 4 is 12.4 Å². The van der Waals surface area contributed by atoms with Gasteiger partial charge in [-0.3, -0.25) is 0 Å². The first kappa shape index (κ1) is 10.9. The Morgan fingerprint density at radius 1 is 1.15 bits per heavy atom. The number of hydrogen-bond acceptors (Lipinski definition) is 1. The summed E-state index contributed by atoms with van der Waals surface area (Å²) in [4.78, 5) is 0. The Morgan fingerprint density at radius 3 is 2.15 bits per heavy atom. The summed E-state index contributed by atoms with van der Waals surface area (Å²) in [5.41, 5.74) is 0.654. The van der Waals surface area contributed by atoms with Crippen molar-refractivity contribution in [1.29, 1.82) is 0 Å². The second kappa shape index (κ2) is 3.93. The predicted molar refractivity (Wildman–Crippen MR) is 50.3 cm³/mol. The first-order valence-corrected chi connectivity index (χ1v) is 4.46. The maximum atomic E-state index is 12.1. The molecule has 1 saturated carbocycles. The summed E-state index contributed by atoms with van der Waals surface area (Å²) in [6, 6.07) is 0. The Balaban J connectivity index is 0.000000845. The van der Waals surface area contributed by atoms with E-state index in [1.54, 1.807) is 0 Å². The van der Waals surface area contributed by atoms with Crippen LogP contribution < -0.4 is 5.32 Å². The van der Waals surface area contributed by atoms with Gasteiger partial charge in [-0.25, -0.2) is 0 Å². The van der Waals surface area contributed by atoms with Gasteiger partial charge >= 0.3 is 0 Å². The lowest BCUT2D eigenvalue weighted by atomic mass is 9.61. The van der Waals surface area contributed by atoms with E-state index in [4.69, 9.17) is 0 Å². The molecule has 13 heavy (non-hydrogen) atoms. The van der Waals surface area contributed by atoms with Crippen LogP contribution in [0.25, 0.3) is 0 Å². The SMILES string of the molecule is Cl.FC(F)=C1CC2(CCNCC2)C1. The van der Waals surface area contributed by atoms with Gasteiger partial charge in [0.15, 0.2) is 0 Å². The highest BCUT2D eigenvalue weighted by Gasteiger charge is 2.42. The Kier molecular flexibility index (Phi) is 3.30. The Morgan fingerprint density at radius 2 is 1.69 bits per heavy atom.